The number of aromatic nitrogens is 3. The van der Waals surface area contributed by atoms with Gasteiger partial charge in [-0.1, -0.05) is 13.8 Å². The molecule has 0 spiro atoms. The van der Waals surface area contributed by atoms with Crippen LogP contribution in [0.5, 0.6) is 0 Å². The zero-order valence-corrected chi connectivity index (χ0v) is 10.9. The number of hydrogen-bond donors (Lipinski definition) is 1. The Balaban J connectivity index is 2.24. The molecule has 0 saturated carbocycles. The van der Waals surface area contributed by atoms with Gasteiger partial charge in [0.1, 0.15) is 6.10 Å². The van der Waals surface area contributed by atoms with Gasteiger partial charge >= 0.3 is 0 Å². The van der Waals surface area contributed by atoms with Crippen LogP contribution >= 0.6 is 12.2 Å². The summed E-state index contributed by atoms with van der Waals surface area (Å²) in [5.41, 5.74) is 0. The standard InChI is InChI=1S/C11H19N3OS/c1-7(2)6-14-10(12-13-11(14)16)9-5-4-8(3)15-9/h7-9H,4-6H2,1-3H3,(H,13,16). The molecule has 1 N–H and O–H groups in total. The summed E-state index contributed by atoms with van der Waals surface area (Å²) in [6.45, 7) is 7.36. The number of nitrogens with one attached hydrogen (secondary N) is 1. The van der Waals surface area contributed by atoms with Crippen LogP contribution in [0.3, 0.4) is 0 Å². The van der Waals surface area contributed by atoms with Gasteiger partial charge in [-0.05, 0) is 37.9 Å². The van der Waals surface area contributed by atoms with E-state index in [-0.39, 0.29) is 6.10 Å². The third-order valence-electron chi connectivity index (χ3n) is 2.86. The summed E-state index contributed by atoms with van der Waals surface area (Å²) in [5.74, 6) is 1.52. The largest absolute Gasteiger partial charge is 0.367 e. The maximum Gasteiger partial charge on any atom is 0.195 e. The van der Waals surface area contributed by atoms with Gasteiger partial charge in [0.05, 0.1) is 6.10 Å². The molecule has 0 aliphatic carbocycles. The number of hydrogen-bond acceptors (Lipinski definition) is 3. The van der Waals surface area contributed by atoms with Gasteiger partial charge in [0, 0.05) is 6.54 Å². The Bertz CT molecular complexity index is 410. The summed E-state index contributed by atoms with van der Waals surface area (Å²) in [4.78, 5) is 0. The molecule has 5 heteroatoms. The van der Waals surface area contributed by atoms with Crippen molar-refractivity contribution in [3.8, 4) is 0 Å². The molecule has 2 heterocycles. The molecule has 1 aromatic rings. The van der Waals surface area contributed by atoms with Crippen molar-refractivity contribution in [2.75, 3.05) is 0 Å². The Hall–Kier alpha value is -0.680. The van der Waals surface area contributed by atoms with E-state index in [2.05, 4.69) is 35.5 Å². The summed E-state index contributed by atoms with van der Waals surface area (Å²) in [7, 11) is 0. The lowest BCUT2D eigenvalue weighted by Gasteiger charge is -2.14. The van der Waals surface area contributed by atoms with Crippen LogP contribution in [0, 0.1) is 10.7 Å². The van der Waals surface area contributed by atoms with Crippen molar-refractivity contribution in [2.24, 2.45) is 5.92 Å². The van der Waals surface area contributed by atoms with Crippen molar-refractivity contribution in [3.05, 3.63) is 10.6 Å². The SMILES string of the molecule is CC(C)Cn1c(C2CCC(C)O2)n[nH]c1=S. The van der Waals surface area contributed by atoms with E-state index < -0.39 is 0 Å². The summed E-state index contributed by atoms with van der Waals surface area (Å²) < 4.78 is 8.61. The van der Waals surface area contributed by atoms with Gasteiger partial charge in [0.25, 0.3) is 0 Å². The first-order chi connectivity index (χ1) is 7.58. The molecule has 90 valence electrons. The molecule has 2 rings (SSSR count). The van der Waals surface area contributed by atoms with Gasteiger partial charge < -0.3 is 9.30 Å². The first-order valence-electron chi connectivity index (χ1n) is 5.88. The van der Waals surface area contributed by atoms with E-state index in [1.54, 1.807) is 0 Å². The van der Waals surface area contributed by atoms with Crippen molar-refractivity contribution in [2.45, 2.75) is 52.4 Å². The fraction of sp³-hybridized carbons (Fsp3) is 0.818. The maximum atomic E-state index is 5.83. The van der Waals surface area contributed by atoms with Crippen LogP contribution in [0.15, 0.2) is 0 Å². The van der Waals surface area contributed by atoms with E-state index in [1.165, 1.54) is 0 Å². The molecule has 1 fully saturated rings. The zero-order valence-electron chi connectivity index (χ0n) is 10.1. The monoisotopic (exact) mass is 241 g/mol. The molecular weight excluding hydrogens is 222 g/mol. The van der Waals surface area contributed by atoms with Crippen molar-refractivity contribution in [1.29, 1.82) is 0 Å². The molecule has 4 nitrogen and oxygen atoms in total. The van der Waals surface area contributed by atoms with E-state index in [0.717, 1.165) is 25.2 Å². The molecule has 0 aromatic carbocycles. The smallest absolute Gasteiger partial charge is 0.195 e. The number of nitrogens with zero attached hydrogens (tertiary/aromatic N) is 2. The summed E-state index contributed by atoms with van der Waals surface area (Å²) in [6, 6.07) is 0. The van der Waals surface area contributed by atoms with E-state index in [9.17, 15) is 0 Å². The quantitative estimate of drug-likeness (QED) is 0.827. The van der Waals surface area contributed by atoms with Crippen LogP contribution in [-0.4, -0.2) is 20.9 Å². The molecule has 1 aliphatic rings. The second kappa shape index (κ2) is 4.67. The van der Waals surface area contributed by atoms with Gasteiger partial charge in [-0.3, -0.25) is 5.10 Å². The van der Waals surface area contributed by atoms with E-state index >= 15 is 0 Å². The Labute approximate surface area is 101 Å². The lowest BCUT2D eigenvalue weighted by Crippen LogP contribution is -2.13. The van der Waals surface area contributed by atoms with Crippen LogP contribution in [0.4, 0.5) is 0 Å². The highest BCUT2D eigenvalue weighted by Gasteiger charge is 2.27. The highest BCUT2D eigenvalue weighted by atomic mass is 32.1. The van der Waals surface area contributed by atoms with Crippen molar-refractivity contribution >= 4 is 12.2 Å². The molecule has 1 aliphatic heterocycles. The number of H-pyrrole nitrogens is 1. The number of rotatable bonds is 3. The van der Waals surface area contributed by atoms with E-state index in [0.29, 0.717) is 16.8 Å². The van der Waals surface area contributed by atoms with Crippen LogP contribution in [0.1, 0.15) is 45.5 Å². The third-order valence-corrected chi connectivity index (χ3v) is 3.17. The van der Waals surface area contributed by atoms with Crippen LogP contribution in [-0.2, 0) is 11.3 Å². The minimum absolute atomic E-state index is 0.113. The molecule has 0 amide bonds. The normalized spacial score (nSPS) is 25.5. The summed E-state index contributed by atoms with van der Waals surface area (Å²) in [5, 5.41) is 7.18. The average molecular weight is 241 g/mol. The topological polar surface area (TPSA) is 42.8 Å². The van der Waals surface area contributed by atoms with Crippen LogP contribution in [0.25, 0.3) is 0 Å². The van der Waals surface area contributed by atoms with Crippen molar-refractivity contribution in [1.82, 2.24) is 14.8 Å². The Morgan fingerprint density at radius 2 is 2.31 bits per heavy atom. The Morgan fingerprint density at radius 3 is 2.88 bits per heavy atom. The van der Waals surface area contributed by atoms with E-state index in [1.807, 2.05) is 0 Å². The predicted octanol–water partition coefficient (Wildman–Crippen LogP) is 2.84. The van der Waals surface area contributed by atoms with Crippen LogP contribution in [0.2, 0.25) is 0 Å². The fourth-order valence-corrected chi connectivity index (χ4v) is 2.32. The molecular formula is C11H19N3OS. The van der Waals surface area contributed by atoms with Gasteiger partial charge in [-0.25, -0.2) is 0 Å². The Kier molecular flexibility index (Phi) is 3.44. The first kappa shape index (κ1) is 11.8. The van der Waals surface area contributed by atoms with Crippen molar-refractivity contribution in [3.63, 3.8) is 0 Å². The highest BCUT2D eigenvalue weighted by Crippen LogP contribution is 2.31. The molecule has 16 heavy (non-hydrogen) atoms. The summed E-state index contributed by atoms with van der Waals surface area (Å²) in [6.07, 6.45) is 2.59. The molecule has 0 radical (unpaired) electrons. The predicted molar refractivity (Wildman–Crippen MR) is 64.8 cm³/mol. The second-order valence-electron chi connectivity index (χ2n) is 4.90. The van der Waals surface area contributed by atoms with Gasteiger partial charge in [0.15, 0.2) is 10.6 Å². The first-order valence-corrected chi connectivity index (χ1v) is 6.29. The van der Waals surface area contributed by atoms with E-state index in [4.69, 9.17) is 17.0 Å². The van der Waals surface area contributed by atoms with Gasteiger partial charge in [0.2, 0.25) is 0 Å². The average Bonchev–Trinajstić information content (AvgIpc) is 2.75. The highest BCUT2D eigenvalue weighted by molar-refractivity contribution is 7.71. The lowest BCUT2D eigenvalue weighted by atomic mass is 10.2. The summed E-state index contributed by atoms with van der Waals surface area (Å²) >= 11 is 5.25. The number of aromatic amines is 1. The molecule has 0 bridgehead atoms. The van der Waals surface area contributed by atoms with Gasteiger partial charge in [-0.2, -0.15) is 5.10 Å². The number of ether oxygens (including phenoxy) is 1. The minimum Gasteiger partial charge on any atom is -0.367 e. The molecule has 1 saturated heterocycles. The van der Waals surface area contributed by atoms with Gasteiger partial charge in [-0.15, -0.1) is 0 Å². The molecule has 2 unspecified atom stereocenters. The molecule has 2 atom stereocenters. The zero-order chi connectivity index (χ0) is 11.7. The third kappa shape index (κ3) is 2.35. The Morgan fingerprint density at radius 1 is 1.56 bits per heavy atom. The molecule has 1 aromatic heterocycles. The van der Waals surface area contributed by atoms with Crippen molar-refractivity contribution < 1.29 is 4.74 Å². The maximum absolute atomic E-state index is 5.83. The minimum atomic E-state index is 0.113. The second-order valence-corrected chi connectivity index (χ2v) is 5.29. The van der Waals surface area contributed by atoms with Crippen LogP contribution < -0.4 is 0 Å². The lowest BCUT2D eigenvalue weighted by molar-refractivity contribution is 0.0475. The fourth-order valence-electron chi connectivity index (χ4n) is 2.11.